The van der Waals surface area contributed by atoms with Crippen molar-refractivity contribution in [1.82, 2.24) is 10.2 Å². The number of nitrogen functional groups attached to an aromatic ring is 1. The number of hydrogen-bond acceptors (Lipinski definition) is 6. The van der Waals surface area contributed by atoms with Crippen molar-refractivity contribution in [3.8, 4) is 5.75 Å². The Hall–Kier alpha value is -3.13. The van der Waals surface area contributed by atoms with Crippen molar-refractivity contribution in [2.24, 2.45) is 0 Å². The Balaban J connectivity index is 1.85. The number of para-hydroxylation sites is 1. The Morgan fingerprint density at radius 2 is 1.97 bits per heavy atom. The highest BCUT2D eigenvalue weighted by atomic mass is 16.6. The second-order valence-electron chi connectivity index (χ2n) is 7.57. The zero-order chi connectivity index (χ0) is 21.7. The summed E-state index contributed by atoms with van der Waals surface area (Å²) in [6, 6.07) is 10.7. The first-order chi connectivity index (χ1) is 14.4. The van der Waals surface area contributed by atoms with Gasteiger partial charge in [0.2, 0.25) is 0 Å². The third kappa shape index (κ3) is 4.71. The molecule has 1 heterocycles. The SMILES string of the molecule is COc1ccccc1[C@@H](CNC(=O)c1cc(C)cc([N+](=O)[O-])c1N)N1CCCCC1. The number of rotatable bonds is 7. The van der Waals surface area contributed by atoms with Gasteiger partial charge in [0.15, 0.2) is 0 Å². The molecular formula is C22H28N4O4. The number of amides is 1. The van der Waals surface area contributed by atoms with Gasteiger partial charge in [-0.3, -0.25) is 19.8 Å². The van der Waals surface area contributed by atoms with Gasteiger partial charge in [-0.1, -0.05) is 24.6 Å². The summed E-state index contributed by atoms with van der Waals surface area (Å²) >= 11 is 0. The molecule has 0 spiro atoms. The van der Waals surface area contributed by atoms with Crippen LogP contribution in [0, 0.1) is 17.0 Å². The average Bonchev–Trinajstić information content (AvgIpc) is 2.76. The van der Waals surface area contributed by atoms with E-state index in [0.29, 0.717) is 12.1 Å². The number of nitrogens with one attached hydrogen (secondary N) is 1. The van der Waals surface area contributed by atoms with Gasteiger partial charge in [0.25, 0.3) is 11.6 Å². The number of nitrogens with two attached hydrogens (primary N) is 1. The zero-order valence-corrected chi connectivity index (χ0v) is 17.4. The number of benzene rings is 2. The first-order valence-electron chi connectivity index (χ1n) is 10.1. The molecule has 0 bridgehead atoms. The number of likely N-dealkylation sites (tertiary alicyclic amines) is 1. The molecule has 1 saturated heterocycles. The minimum atomic E-state index is -0.565. The normalized spacial score (nSPS) is 15.4. The lowest BCUT2D eigenvalue weighted by Crippen LogP contribution is -2.41. The lowest BCUT2D eigenvalue weighted by Gasteiger charge is -2.35. The van der Waals surface area contributed by atoms with Gasteiger partial charge in [-0.05, 0) is 50.6 Å². The molecule has 30 heavy (non-hydrogen) atoms. The summed E-state index contributed by atoms with van der Waals surface area (Å²) in [5.41, 5.74) is 7.30. The van der Waals surface area contributed by atoms with Gasteiger partial charge in [0, 0.05) is 18.2 Å². The molecule has 160 valence electrons. The predicted molar refractivity (Wildman–Crippen MR) is 116 cm³/mol. The summed E-state index contributed by atoms with van der Waals surface area (Å²) in [5.74, 6) is 0.351. The summed E-state index contributed by atoms with van der Waals surface area (Å²) in [6.07, 6.45) is 3.41. The third-order valence-corrected chi connectivity index (χ3v) is 5.53. The van der Waals surface area contributed by atoms with Gasteiger partial charge in [-0.15, -0.1) is 0 Å². The van der Waals surface area contributed by atoms with Crippen LogP contribution in [0.25, 0.3) is 0 Å². The molecule has 1 fully saturated rings. The molecule has 8 nitrogen and oxygen atoms in total. The molecule has 0 radical (unpaired) electrons. The monoisotopic (exact) mass is 412 g/mol. The highest BCUT2D eigenvalue weighted by Gasteiger charge is 2.27. The van der Waals surface area contributed by atoms with Crippen LogP contribution in [0.15, 0.2) is 36.4 Å². The molecule has 2 aromatic rings. The second kappa shape index (κ2) is 9.58. The van der Waals surface area contributed by atoms with Crippen LogP contribution >= 0.6 is 0 Å². The molecule has 0 aromatic heterocycles. The summed E-state index contributed by atoms with van der Waals surface area (Å²) in [7, 11) is 1.64. The van der Waals surface area contributed by atoms with Crippen LogP contribution in [0.3, 0.4) is 0 Å². The Bertz CT molecular complexity index is 925. The molecule has 0 unspecified atom stereocenters. The number of anilines is 1. The van der Waals surface area contributed by atoms with E-state index in [0.717, 1.165) is 37.2 Å². The van der Waals surface area contributed by atoms with Crippen LogP contribution in [-0.4, -0.2) is 42.5 Å². The molecule has 0 saturated carbocycles. The smallest absolute Gasteiger partial charge is 0.293 e. The number of nitro groups is 1. The minimum Gasteiger partial charge on any atom is -0.496 e. The van der Waals surface area contributed by atoms with E-state index in [4.69, 9.17) is 10.5 Å². The maximum absolute atomic E-state index is 12.9. The van der Waals surface area contributed by atoms with Gasteiger partial charge < -0.3 is 15.8 Å². The van der Waals surface area contributed by atoms with Gasteiger partial charge in [0.05, 0.1) is 23.6 Å². The fourth-order valence-electron chi connectivity index (χ4n) is 4.01. The highest BCUT2D eigenvalue weighted by molar-refractivity contribution is 6.01. The number of nitrogens with zero attached hydrogens (tertiary/aromatic N) is 2. The molecule has 1 aliphatic rings. The van der Waals surface area contributed by atoms with Crippen LogP contribution in [0.1, 0.15) is 46.8 Å². The van der Waals surface area contributed by atoms with Gasteiger partial charge in [0.1, 0.15) is 11.4 Å². The van der Waals surface area contributed by atoms with E-state index in [1.54, 1.807) is 20.1 Å². The van der Waals surface area contributed by atoms with Crippen LogP contribution in [0.2, 0.25) is 0 Å². The first-order valence-corrected chi connectivity index (χ1v) is 10.1. The van der Waals surface area contributed by atoms with E-state index in [2.05, 4.69) is 10.2 Å². The molecule has 3 rings (SSSR count). The molecule has 2 aromatic carbocycles. The number of hydrogen-bond donors (Lipinski definition) is 2. The number of carbonyl (C=O) groups excluding carboxylic acids is 1. The number of piperidine rings is 1. The molecule has 3 N–H and O–H groups in total. The summed E-state index contributed by atoms with van der Waals surface area (Å²) in [4.78, 5) is 25.9. The van der Waals surface area contributed by atoms with Crippen LogP contribution in [-0.2, 0) is 0 Å². The van der Waals surface area contributed by atoms with Crippen LogP contribution < -0.4 is 15.8 Å². The number of aryl methyl sites for hydroxylation is 1. The predicted octanol–water partition coefficient (Wildman–Crippen LogP) is 3.45. The van der Waals surface area contributed by atoms with Crippen LogP contribution in [0.4, 0.5) is 11.4 Å². The van der Waals surface area contributed by atoms with Crippen LogP contribution in [0.5, 0.6) is 5.75 Å². The van der Waals surface area contributed by atoms with Crippen molar-refractivity contribution >= 4 is 17.3 Å². The average molecular weight is 412 g/mol. The summed E-state index contributed by atoms with van der Waals surface area (Å²) in [5, 5.41) is 14.2. The minimum absolute atomic E-state index is 0.0635. The number of carbonyl (C=O) groups is 1. The van der Waals surface area contributed by atoms with Crippen molar-refractivity contribution in [3.63, 3.8) is 0 Å². The molecular weight excluding hydrogens is 384 g/mol. The Kier molecular flexibility index (Phi) is 6.89. The van der Waals surface area contributed by atoms with Crippen molar-refractivity contribution < 1.29 is 14.5 Å². The van der Waals surface area contributed by atoms with Gasteiger partial charge >= 0.3 is 0 Å². The van der Waals surface area contributed by atoms with Crippen molar-refractivity contribution in [2.45, 2.75) is 32.2 Å². The molecule has 0 aliphatic carbocycles. The van der Waals surface area contributed by atoms with Gasteiger partial charge in [-0.2, -0.15) is 0 Å². The quantitative estimate of drug-likeness (QED) is 0.409. The Labute approximate surface area is 176 Å². The molecule has 1 amide bonds. The molecule has 8 heteroatoms. The van der Waals surface area contributed by atoms with E-state index >= 15 is 0 Å². The second-order valence-corrected chi connectivity index (χ2v) is 7.57. The van der Waals surface area contributed by atoms with Gasteiger partial charge in [-0.25, -0.2) is 0 Å². The third-order valence-electron chi connectivity index (χ3n) is 5.53. The van der Waals surface area contributed by atoms with E-state index in [1.807, 2.05) is 24.3 Å². The number of ether oxygens (including phenoxy) is 1. The Morgan fingerprint density at radius 1 is 1.27 bits per heavy atom. The largest absolute Gasteiger partial charge is 0.496 e. The molecule has 1 atom stereocenters. The van der Waals surface area contributed by atoms with Crippen molar-refractivity contribution in [1.29, 1.82) is 0 Å². The number of nitro benzene ring substituents is 1. The lowest BCUT2D eigenvalue weighted by atomic mass is 10.00. The highest BCUT2D eigenvalue weighted by Crippen LogP contribution is 2.31. The van der Waals surface area contributed by atoms with Crippen molar-refractivity contribution in [3.05, 3.63) is 63.2 Å². The standard InChI is InChI=1S/C22H28N4O4/c1-15-12-17(21(23)18(13-15)26(28)29)22(27)24-14-19(25-10-6-3-7-11-25)16-8-4-5-9-20(16)30-2/h4-5,8-9,12-13,19H,3,6-7,10-11,14,23H2,1-2H3,(H,24,27)/t19-/m1/s1. The fraction of sp³-hybridized carbons (Fsp3) is 0.409. The Morgan fingerprint density at radius 3 is 2.63 bits per heavy atom. The van der Waals surface area contributed by atoms with E-state index in [1.165, 1.54) is 12.5 Å². The maximum atomic E-state index is 12.9. The van der Waals surface area contributed by atoms with E-state index in [9.17, 15) is 14.9 Å². The summed E-state index contributed by atoms with van der Waals surface area (Å²) in [6.45, 7) is 3.93. The summed E-state index contributed by atoms with van der Waals surface area (Å²) < 4.78 is 5.55. The topological polar surface area (TPSA) is 111 Å². The zero-order valence-electron chi connectivity index (χ0n) is 17.4. The maximum Gasteiger partial charge on any atom is 0.293 e. The lowest BCUT2D eigenvalue weighted by molar-refractivity contribution is -0.384. The first kappa shape index (κ1) is 21.6. The van der Waals surface area contributed by atoms with Crippen molar-refractivity contribution in [2.75, 3.05) is 32.5 Å². The number of methoxy groups -OCH3 is 1. The fourth-order valence-corrected chi connectivity index (χ4v) is 4.01. The van der Waals surface area contributed by atoms with E-state index in [-0.39, 0.29) is 23.0 Å². The van der Waals surface area contributed by atoms with E-state index < -0.39 is 10.8 Å². The molecule has 1 aliphatic heterocycles.